The first kappa shape index (κ1) is 13.2. The third kappa shape index (κ3) is 3.33. The molecule has 1 rings (SSSR count). The average molecular weight is 222 g/mol. The second-order valence-electron chi connectivity index (χ2n) is 4.78. The van der Waals surface area contributed by atoms with Gasteiger partial charge in [0, 0.05) is 39.0 Å². The molecule has 0 amide bonds. The lowest BCUT2D eigenvalue weighted by atomic mass is 9.92. The van der Waals surface area contributed by atoms with Crippen LogP contribution in [-0.2, 0) is 4.79 Å². The molecule has 0 radical (unpaired) electrons. The van der Waals surface area contributed by atoms with Crippen molar-refractivity contribution >= 4 is 5.78 Å². The average Bonchev–Trinajstić information content (AvgIpc) is 2.30. The van der Waals surface area contributed by atoms with Gasteiger partial charge in [0.15, 0.2) is 5.78 Å². The molecule has 1 saturated heterocycles. The van der Waals surface area contributed by atoms with E-state index in [4.69, 9.17) is 6.42 Å². The van der Waals surface area contributed by atoms with E-state index in [2.05, 4.69) is 16.1 Å². The van der Waals surface area contributed by atoms with Crippen LogP contribution in [0.3, 0.4) is 0 Å². The number of ketones is 1. The number of carbonyl (C=O) groups excluding carboxylic acids is 1. The summed E-state index contributed by atoms with van der Waals surface area (Å²) in [6.45, 7) is 7.90. The Kier molecular flexibility index (Phi) is 4.98. The topological polar surface area (TPSA) is 32.3 Å². The SMILES string of the molecule is C#CCCCC(=O)C(C)(C)N1CCNCC1. The molecule has 0 aromatic heterocycles. The van der Waals surface area contributed by atoms with Gasteiger partial charge >= 0.3 is 0 Å². The monoisotopic (exact) mass is 222 g/mol. The lowest BCUT2D eigenvalue weighted by Crippen LogP contribution is -2.57. The molecule has 0 aromatic rings. The van der Waals surface area contributed by atoms with Crippen molar-refractivity contribution < 1.29 is 4.79 Å². The van der Waals surface area contributed by atoms with Gasteiger partial charge in [-0.1, -0.05) is 0 Å². The fraction of sp³-hybridized carbons (Fsp3) is 0.769. The molecule has 1 aliphatic rings. The predicted molar refractivity (Wildman–Crippen MR) is 66.2 cm³/mol. The summed E-state index contributed by atoms with van der Waals surface area (Å²) in [5.74, 6) is 2.89. The number of piperazine rings is 1. The minimum Gasteiger partial charge on any atom is -0.314 e. The van der Waals surface area contributed by atoms with E-state index in [-0.39, 0.29) is 5.54 Å². The molecule has 1 fully saturated rings. The molecule has 0 atom stereocenters. The number of Topliss-reactive ketones (excluding diaryl/α,β-unsaturated/α-hetero) is 1. The maximum Gasteiger partial charge on any atom is 0.152 e. The van der Waals surface area contributed by atoms with Gasteiger partial charge in [-0.3, -0.25) is 9.69 Å². The van der Waals surface area contributed by atoms with Gasteiger partial charge in [-0.05, 0) is 20.3 Å². The maximum atomic E-state index is 12.1. The van der Waals surface area contributed by atoms with Crippen LogP contribution in [0.15, 0.2) is 0 Å². The third-order valence-electron chi connectivity index (χ3n) is 3.31. The Bertz CT molecular complexity index is 272. The molecule has 0 spiro atoms. The molecule has 1 N–H and O–H groups in total. The fourth-order valence-electron chi connectivity index (χ4n) is 2.06. The lowest BCUT2D eigenvalue weighted by molar-refractivity contribution is -0.129. The van der Waals surface area contributed by atoms with E-state index in [1.54, 1.807) is 0 Å². The van der Waals surface area contributed by atoms with E-state index < -0.39 is 0 Å². The lowest BCUT2D eigenvalue weighted by Gasteiger charge is -2.40. The number of unbranched alkanes of at least 4 members (excludes halogenated alkanes) is 1. The molecule has 90 valence electrons. The molecular formula is C13H22N2O. The van der Waals surface area contributed by atoms with Crippen molar-refractivity contribution in [1.82, 2.24) is 10.2 Å². The van der Waals surface area contributed by atoms with E-state index in [1.807, 2.05) is 13.8 Å². The highest BCUT2D eigenvalue weighted by Crippen LogP contribution is 2.19. The standard InChI is InChI=1S/C13H22N2O/c1-4-5-6-7-12(16)13(2,3)15-10-8-14-9-11-15/h1,14H,5-11H2,2-3H3. The van der Waals surface area contributed by atoms with Crippen LogP contribution in [0, 0.1) is 12.3 Å². The van der Waals surface area contributed by atoms with Gasteiger partial charge in [0.2, 0.25) is 0 Å². The van der Waals surface area contributed by atoms with Crippen LogP contribution < -0.4 is 5.32 Å². The molecule has 3 nitrogen and oxygen atoms in total. The number of carbonyl (C=O) groups is 1. The molecule has 0 bridgehead atoms. The van der Waals surface area contributed by atoms with E-state index in [1.165, 1.54) is 0 Å². The van der Waals surface area contributed by atoms with Crippen molar-refractivity contribution in [3.8, 4) is 12.3 Å². The molecule has 1 heterocycles. The Morgan fingerprint density at radius 3 is 2.62 bits per heavy atom. The number of nitrogens with one attached hydrogen (secondary N) is 1. The summed E-state index contributed by atoms with van der Waals surface area (Å²) in [5.41, 5.74) is -0.337. The molecule has 1 aliphatic heterocycles. The first-order valence-electron chi connectivity index (χ1n) is 6.01. The Labute approximate surface area is 98.6 Å². The highest BCUT2D eigenvalue weighted by Gasteiger charge is 2.33. The normalized spacial score (nSPS) is 18.1. The zero-order valence-electron chi connectivity index (χ0n) is 10.4. The van der Waals surface area contributed by atoms with Gasteiger partial charge in [0.25, 0.3) is 0 Å². The number of terminal acetylenes is 1. The highest BCUT2D eigenvalue weighted by atomic mass is 16.1. The summed E-state index contributed by atoms with van der Waals surface area (Å²) in [6.07, 6.45) is 7.29. The van der Waals surface area contributed by atoms with Crippen molar-refractivity contribution in [3.63, 3.8) is 0 Å². The largest absolute Gasteiger partial charge is 0.314 e. The Morgan fingerprint density at radius 1 is 1.44 bits per heavy atom. The maximum absolute atomic E-state index is 12.1. The first-order valence-corrected chi connectivity index (χ1v) is 6.01. The zero-order valence-corrected chi connectivity index (χ0v) is 10.4. The molecule has 3 heteroatoms. The molecule has 0 unspecified atom stereocenters. The van der Waals surface area contributed by atoms with Crippen molar-refractivity contribution in [1.29, 1.82) is 0 Å². The summed E-state index contributed by atoms with van der Waals surface area (Å²) in [5, 5.41) is 3.30. The quantitative estimate of drug-likeness (QED) is 0.557. The van der Waals surface area contributed by atoms with Crippen molar-refractivity contribution in [2.24, 2.45) is 0 Å². The van der Waals surface area contributed by atoms with Gasteiger partial charge in [0.05, 0.1) is 5.54 Å². The second-order valence-corrected chi connectivity index (χ2v) is 4.78. The van der Waals surface area contributed by atoms with Crippen LogP contribution >= 0.6 is 0 Å². The molecule has 0 aromatic carbocycles. The van der Waals surface area contributed by atoms with Gasteiger partial charge < -0.3 is 5.32 Å². The first-order chi connectivity index (χ1) is 7.59. The summed E-state index contributed by atoms with van der Waals surface area (Å²) < 4.78 is 0. The van der Waals surface area contributed by atoms with Crippen LogP contribution in [0.5, 0.6) is 0 Å². The molecule has 0 saturated carbocycles. The van der Waals surface area contributed by atoms with Gasteiger partial charge in [-0.15, -0.1) is 12.3 Å². The third-order valence-corrected chi connectivity index (χ3v) is 3.31. The molecule has 0 aliphatic carbocycles. The number of hydrogen-bond acceptors (Lipinski definition) is 3. The smallest absolute Gasteiger partial charge is 0.152 e. The number of nitrogens with zero attached hydrogens (tertiary/aromatic N) is 1. The van der Waals surface area contributed by atoms with Gasteiger partial charge in [0.1, 0.15) is 0 Å². The molecular weight excluding hydrogens is 200 g/mol. The van der Waals surface area contributed by atoms with E-state index >= 15 is 0 Å². The Balaban J connectivity index is 2.47. The highest BCUT2D eigenvalue weighted by molar-refractivity contribution is 5.87. The van der Waals surface area contributed by atoms with Crippen LogP contribution in [0.4, 0.5) is 0 Å². The van der Waals surface area contributed by atoms with Crippen LogP contribution in [-0.4, -0.2) is 42.4 Å². The van der Waals surface area contributed by atoms with E-state index in [0.29, 0.717) is 18.6 Å². The summed E-state index contributed by atoms with van der Waals surface area (Å²) in [4.78, 5) is 14.4. The molecule has 16 heavy (non-hydrogen) atoms. The van der Waals surface area contributed by atoms with Gasteiger partial charge in [-0.25, -0.2) is 0 Å². The zero-order chi connectivity index (χ0) is 12.0. The van der Waals surface area contributed by atoms with Crippen molar-refractivity contribution in [3.05, 3.63) is 0 Å². The van der Waals surface area contributed by atoms with Crippen molar-refractivity contribution in [2.75, 3.05) is 26.2 Å². The number of rotatable bonds is 5. The Morgan fingerprint density at radius 2 is 2.06 bits per heavy atom. The van der Waals surface area contributed by atoms with Crippen LogP contribution in [0.2, 0.25) is 0 Å². The van der Waals surface area contributed by atoms with Crippen LogP contribution in [0.1, 0.15) is 33.1 Å². The van der Waals surface area contributed by atoms with Crippen molar-refractivity contribution in [2.45, 2.75) is 38.6 Å². The summed E-state index contributed by atoms with van der Waals surface area (Å²) >= 11 is 0. The summed E-state index contributed by atoms with van der Waals surface area (Å²) in [6, 6.07) is 0. The minimum atomic E-state index is -0.337. The Hall–Kier alpha value is -0.850. The van der Waals surface area contributed by atoms with Crippen LogP contribution in [0.25, 0.3) is 0 Å². The summed E-state index contributed by atoms with van der Waals surface area (Å²) in [7, 11) is 0. The second kappa shape index (κ2) is 6.03. The van der Waals surface area contributed by atoms with E-state index in [9.17, 15) is 4.79 Å². The fourth-order valence-corrected chi connectivity index (χ4v) is 2.06. The minimum absolute atomic E-state index is 0.310. The van der Waals surface area contributed by atoms with E-state index in [0.717, 1.165) is 32.6 Å². The predicted octanol–water partition coefficient (Wildman–Crippen LogP) is 1.04. The van der Waals surface area contributed by atoms with Gasteiger partial charge in [-0.2, -0.15) is 0 Å². The number of hydrogen-bond donors (Lipinski definition) is 1.